The number of carbonyl (C=O) groups excluding carboxylic acids is 1. The summed E-state index contributed by atoms with van der Waals surface area (Å²) in [5.74, 6) is -0.339. The smallest absolute Gasteiger partial charge is 0.334 e. The molecule has 1 atom stereocenters. The highest BCUT2D eigenvalue weighted by atomic mass is 79.9. The van der Waals surface area contributed by atoms with E-state index in [9.17, 15) is 4.79 Å². The van der Waals surface area contributed by atoms with Crippen LogP contribution in [0.1, 0.15) is 32.8 Å². The molecular weight excluding hydrogens is 330 g/mol. The van der Waals surface area contributed by atoms with E-state index in [-0.39, 0.29) is 29.2 Å². The van der Waals surface area contributed by atoms with E-state index in [1.165, 1.54) is 11.6 Å². The third-order valence-corrected chi connectivity index (χ3v) is 3.98. The summed E-state index contributed by atoms with van der Waals surface area (Å²) in [7, 11) is 0. The minimum atomic E-state index is -0.339. The molecule has 0 aliphatic rings. The van der Waals surface area contributed by atoms with Gasteiger partial charge in [0.2, 0.25) is 6.23 Å². The van der Waals surface area contributed by atoms with Crippen LogP contribution in [0.2, 0.25) is 0 Å². The van der Waals surface area contributed by atoms with Gasteiger partial charge >= 0.3 is 5.97 Å². The number of esters is 1. The molecule has 1 unspecified atom stereocenters. The molecule has 0 saturated carbocycles. The fourth-order valence-corrected chi connectivity index (χ4v) is 2.67. The second kappa shape index (κ2) is 9.74. The molecule has 1 rings (SSSR count). The Bertz CT molecular complexity index is 430. The second-order valence-electron chi connectivity index (χ2n) is 5.00. The van der Waals surface area contributed by atoms with Crippen LogP contribution < -0.4 is 17.0 Å². The van der Waals surface area contributed by atoms with Crippen molar-refractivity contribution in [3.8, 4) is 0 Å². The summed E-state index contributed by atoms with van der Waals surface area (Å²) in [4.78, 5) is 11.6. The van der Waals surface area contributed by atoms with Gasteiger partial charge in [-0.05, 0) is 13.8 Å². The van der Waals surface area contributed by atoms with E-state index in [0.29, 0.717) is 0 Å². The molecule has 0 radical (unpaired) electrons. The van der Waals surface area contributed by atoms with Crippen LogP contribution in [0.3, 0.4) is 0 Å². The van der Waals surface area contributed by atoms with Crippen LogP contribution >= 0.6 is 0 Å². The molecule has 1 aromatic carbocycles. The molecule has 0 heterocycles. The molecule has 0 spiro atoms. The number of hydrogen-bond donors (Lipinski definition) is 0. The summed E-state index contributed by atoms with van der Waals surface area (Å²) in [6, 6.07) is 10.4. The van der Waals surface area contributed by atoms with Gasteiger partial charge in [0.1, 0.15) is 6.54 Å². The highest BCUT2D eigenvalue weighted by molar-refractivity contribution is 5.81. The zero-order valence-corrected chi connectivity index (χ0v) is 14.8. The molecule has 0 saturated heterocycles. The van der Waals surface area contributed by atoms with E-state index in [0.717, 1.165) is 30.5 Å². The van der Waals surface area contributed by atoms with Crippen LogP contribution in [0.15, 0.2) is 43.0 Å². The van der Waals surface area contributed by atoms with Gasteiger partial charge in [-0.25, -0.2) is 4.79 Å². The van der Waals surface area contributed by atoms with Crippen molar-refractivity contribution < 1.29 is 31.0 Å². The average molecular weight is 356 g/mol. The molecule has 1 aromatic rings. The van der Waals surface area contributed by atoms with Gasteiger partial charge in [-0.3, -0.25) is 4.48 Å². The van der Waals surface area contributed by atoms with E-state index >= 15 is 0 Å². The summed E-state index contributed by atoms with van der Waals surface area (Å²) >= 11 is 0. The van der Waals surface area contributed by atoms with E-state index < -0.39 is 0 Å². The van der Waals surface area contributed by atoms with Crippen molar-refractivity contribution in [3.63, 3.8) is 0 Å². The molecule has 21 heavy (non-hydrogen) atoms. The molecule has 118 valence electrons. The van der Waals surface area contributed by atoms with Gasteiger partial charge in [-0.1, -0.05) is 43.8 Å². The molecule has 0 amide bonds. The van der Waals surface area contributed by atoms with Gasteiger partial charge in [-0.15, -0.1) is 0 Å². The maximum atomic E-state index is 11.6. The first-order valence-corrected chi connectivity index (χ1v) is 7.34. The molecule has 3 nitrogen and oxygen atoms in total. The lowest BCUT2D eigenvalue weighted by Crippen LogP contribution is -3.00. The van der Waals surface area contributed by atoms with Crippen molar-refractivity contribution in [2.75, 3.05) is 13.1 Å². The topological polar surface area (TPSA) is 26.3 Å². The van der Waals surface area contributed by atoms with Crippen LogP contribution in [-0.4, -0.2) is 29.8 Å². The standard InChI is InChI=1S/C17H26NO2.BrH/c1-5-16(20-17(19)6-2)18(7-3,8-4)14-15-12-10-9-11-13-15;/h6,9-13,16H,2,5,7-8,14H2,1,3-4H3;1H/q+1;/p-1. The van der Waals surface area contributed by atoms with Gasteiger partial charge in [0.25, 0.3) is 0 Å². The average Bonchev–Trinajstić information content (AvgIpc) is 2.51. The van der Waals surface area contributed by atoms with Crippen LogP contribution in [0.4, 0.5) is 0 Å². The summed E-state index contributed by atoms with van der Waals surface area (Å²) in [6.07, 6.45) is 1.91. The summed E-state index contributed by atoms with van der Waals surface area (Å²) in [6.45, 7) is 12.6. The lowest BCUT2D eigenvalue weighted by Gasteiger charge is -2.42. The zero-order chi connectivity index (χ0) is 15.0. The first kappa shape index (κ1) is 19.9. The molecule has 0 N–H and O–H groups in total. The van der Waals surface area contributed by atoms with Gasteiger partial charge in [0, 0.05) is 18.1 Å². The molecular formula is C17H26BrNO2. The van der Waals surface area contributed by atoms with Gasteiger partial charge in [-0.2, -0.15) is 0 Å². The largest absolute Gasteiger partial charge is 1.00 e. The predicted molar refractivity (Wildman–Crippen MR) is 81.9 cm³/mol. The van der Waals surface area contributed by atoms with Crippen molar-refractivity contribution in [1.29, 1.82) is 0 Å². The van der Waals surface area contributed by atoms with Crippen LogP contribution in [0.5, 0.6) is 0 Å². The summed E-state index contributed by atoms with van der Waals surface area (Å²) in [5, 5.41) is 0. The Morgan fingerprint density at radius 3 is 2.24 bits per heavy atom. The molecule has 0 aliphatic heterocycles. The Morgan fingerprint density at radius 2 is 1.81 bits per heavy atom. The maximum absolute atomic E-state index is 11.6. The van der Waals surface area contributed by atoms with Crippen molar-refractivity contribution in [3.05, 3.63) is 48.6 Å². The predicted octanol–water partition coefficient (Wildman–Crippen LogP) is 0.513. The number of carbonyl (C=O) groups is 1. The van der Waals surface area contributed by atoms with Crippen LogP contribution in [0, 0.1) is 0 Å². The number of benzene rings is 1. The van der Waals surface area contributed by atoms with E-state index in [4.69, 9.17) is 4.74 Å². The Kier molecular flexibility index (Phi) is 9.22. The van der Waals surface area contributed by atoms with Crippen molar-refractivity contribution in [2.45, 2.75) is 40.0 Å². The number of quaternary nitrogens is 1. The van der Waals surface area contributed by atoms with Gasteiger partial charge < -0.3 is 21.7 Å². The minimum absolute atomic E-state index is 0. The van der Waals surface area contributed by atoms with E-state index in [1.54, 1.807) is 0 Å². The Labute approximate surface area is 139 Å². The fraction of sp³-hybridized carbons (Fsp3) is 0.471. The number of nitrogens with zero attached hydrogens (tertiary/aromatic N) is 1. The Morgan fingerprint density at radius 1 is 1.24 bits per heavy atom. The quantitative estimate of drug-likeness (QED) is 0.294. The monoisotopic (exact) mass is 355 g/mol. The number of rotatable bonds is 8. The van der Waals surface area contributed by atoms with Crippen LogP contribution in [0.25, 0.3) is 0 Å². The number of ether oxygens (including phenoxy) is 1. The SMILES string of the molecule is C=CC(=O)OC(CC)[N+](CC)(CC)Cc1ccccc1.[Br-]. The van der Waals surface area contributed by atoms with E-state index in [2.05, 4.69) is 39.5 Å². The van der Waals surface area contributed by atoms with Crippen molar-refractivity contribution >= 4 is 5.97 Å². The van der Waals surface area contributed by atoms with Crippen molar-refractivity contribution in [1.82, 2.24) is 0 Å². The summed E-state index contributed by atoms with van der Waals surface area (Å²) < 4.78 is 6.33. The maximum Gasteiger partial charge on any atom is 0.334 e. The van der Waals surface area contributed by atoms with Gasteiger partial charge in [0.15, 0.2) is 0 Å². The minimum Gasteiger partial charge on any atom is -1.00 e. The lowest BCUT2D eigenvalue weighted by molar-refractivity contribution is -0.978. The van der Waals surface area contributed by atoms with Crippen molar-refractivity contribution in [2.24, 2.45) is 0 Å². The Hall–Kier alpha value is -1.13. The normalized spacial score (nSPS) is 12.1. The Balaban J connectivity index is 0.00000400. The molecule has 0 fully saturated rings. The lowest BCUT2D eigenvalue weighted by atomic mass is 10.1. The molecule has 0 bridgehead atoms. The third-order valence-electron chi connectivity index (χ3n) is 3.98. The first-order valence-electron chi connectivity index (χ1n) is 7.34. The molecule has 0 aliphatic carbocycles. The van der Waals surface area contributed by atoms with E-state index in [1.807, 2.05) is 18.2 Å². The highest BCUT2D eigenvalue weighted by Crippen LogP contribution is 2.22. The summed E-state index contributed by atoms with van der Waals surface area (Å²) in [5.41, 5.74) is 1.27. The fourth-order valence-electron chi connectivity index (χ4n) is 2.67. The molecule has 4 heteroatoms. The van der Waals surface area contributed by atoms with Gasteiger partial charge in [0.05, 0.1) is 13.1 Å². The number of halogens is 1. The third kappa shape index (κ3) is 5.29. The number of hydrogen-bond acceptors (Lipinski definition) is 2. The second-order valence-corrected chi connectivity index (χ2v) is 5.00. The molecule has 0 aromatic heterocycles. The first-order chi connectivity index (χ1) is 9.61. The van der Waals surface area contributed by atoms with Crippen LogP contribution in [-0.2, 0) is 16.1 Å². The zero-order valence-electron chi connectivity index (χ0n) is 13.2. The highest BCUT2D eigenvalue weighted by Gasteiger charge is 2.35.